The first-order valence-corrected chi connectivity index (χ1v) is 7.08. The second-order valence-corrected chi connectivity index (χ2v) is 5.63. The van der Waals surface area contributed by atoms with Gasteiger partial charge in [0.2, 0.25) is 5.91 Å². The number of amides is 1. The Morgan fingerprint density at radius 3 is 2.94 bits per heavy atom. The van der Waals surface area contributed by atoms with Crippen LogP contribution in [0.15, 0.2) is 17.5 Å². The predicted molar refractivity (Wildman–Crippen MR) is 69.6 cm³/mol. The summed E-state index contributed by atoms with van der Waals surface area (Å²) in [6.07, 6.45) is 2.88. The van der Waals surface area contributed by atoms with E-state index in [0.29, 0.717) is 25.9 Å². The van der Waals surface area contributed by atoms with Crippen molar-refractivity contribution in [3.8, 4) is 0 Å². The molecule has 1 fully saturated rings. The molecule has 1 atom stereocenters. The zero-order valence-corrected chi connectivity index (χ0v) is 11.0. The number of thiophene rings is 1. The summed E-state index contributed by atoms with van der Waals surface area (Å²) in [5.41, 5.74) is 0. The van der Waals surface area contributed by atoms with Crippen LogP contribution in [0.1, 0.15) is 24.1 Å². The summed E-state index contributed by atoms with van der Waals surface area (Å²) >= 11 is 1.71. The molecule has 0 aliphatic carbocycles. The molecule has 2 heterocycles. The second-order valence-electron chi connectivity index (χ2n) is 4.60. The molecule has 2 rings (SSSR count). The van der Waals surface area contributed by atoms with Crippen LogP contribution in [0.4, 0.5) is 0 Å². The van der Waals surface area contributed by atoms with Gasteiger partial charge in [0.1, 0.15) is 0 Å². The fraction of sp³-hybridized carbons (Fsp3) is 0.538. The van der Waals surface area contributed by atoms with E-state index in [1.165, 1.54) is 4.88 Å². The quantitative estimate of drug-likeness (QED) is 0.887. The van der Waals surface area contributed by atoms with Gasteiger partial charge in [0.25, 0.3) is 0 Å². The van der Waals surface area contributed by atoms with Crippen LogP contribution in [0.25, 0.3) is 0 Å². The number of likely N-dealkylation sites (tertiary alicyclic amines) is 1. The first-order chi connectivity index (χ1) is 8.66. The molecular formula is C13H17NO3S. The molecule has 5 heteroatoms. The molecule has 0 bridgehead atoms. The van der Waals surface area contributed by atoms with Gasteiger partial charge in [-0.05, 0) is 30.7 Å². The SMILES string of the molecule is O=C(O)C1CCN(C(=O)CCCc2cccs2)C1. The number of carboxylic acids is 1. The average molecular weight is 267 g/mol. The molecule has 98 valence electrons. The van der Waals surface area contributed by atoms with Gasteiger partial charge in [-0.2, -0.15) is 0 Å². The number of carbonyl (C=O) groups is 2. The van der Waals surface area contributed by atoms with Crippen molar-refractivity contribution >= 4 is 23.2 Å². The van der Waals surface area contributed by atoms with Crippen LogP contribution in [0.5, 0.6) is 0 Å². The number of rotatable bonds is 5. The Bertz CT molecular complexity index is 416. The Hall–Kier alpha value is -1.36. The maximum Gasteiger partial charge on any atom is 0.308 e. The number of hydrogen-bond acceptors (Lipinski definition) is 3. The van der Waals surface area contributed by atoms with E-state index in [4.69, 9.17) is 5.11 Å². The van der Waals surface area contributed by atoms with E-state index in [-0.39, 0.29) is 11.8 Å². The van der Waals surface area contributed by atoms with Gasteiger partial charge in [0.15, 0.2) is 0 Å². The van der Waals surface area contributed by atoms with Crippen LogP contribution in [0.3, 0.4) is 0 Å². The molecule has 0 radical (unpaired) electrons. The standard InChI is InChI=1S/C13H17NO3S/c15-12(5-1-3-11-4-2-8-18-11)14-7-6-10(9-14)13(16)17/h2,4,8,10H,1,3,5-7,9H2,(H,16,17). The van der Waals surface area contributed by atoms with Crippen LogP contribution in [-0.2, 0) is 16.0 Å². The average Bonchev–Trinajstić information content (AvgIpc) is 2.99. The Morgan fingerprint density at radius 1 is 1.50 bits per heavy atom. The van der Waals surface area contributed by atoms with Crippen molar-refractivity contribution in [3.63, 3.8) is 0 Å². The Morgan fingerprint density at radius 2 is 2.33 bits per heavy atom. The summed E-state index contributed by atoms with van der Waals surface area (Å²) in [7, 11) is 0. The van der Waals surface area contributed by atoms with Crippen LogP contribution in [0, 0.1) is 5.92 Å². The van der Waals surface area contributed by atoms with Crippen LogP contribution >= 0.6 is 11.3 Å². The van der Waals surface area contributed by atoms with Gasteiger partial charge in [-0.15, -0.1) is 11.3 Å². The monoisotopic (exact) mass is 267 g/mol. The highest BCUT2D eigenvalue weighted by molar-refractivity contribution is 7.09. The Kier molecular flexibility index (Phi) is 4.36. The number of aryl methyl sites for hydroxylation is 1. The van der Waals surface area contributed by atoms with Crippen molar-refractivity contribution in [2.75, 3.05) is 13.1 Å². The zero-order chi connectivity index (χ0) is 13.0. The molecule has 1 N–H and O–H groups in total. The van der Waals surface area contributed by atoms with E-state index in [2.05, 4.69) is 6.07 Å². The summed E-state index contributed by atoms with van der Waals surface area (Å²) in [6, 6.07) is 4.09. The third kappa shape index (κ3) is 3.32. The molecule has 0 saturated carbocycles. The Labute approximate surface area is 110 Å². The number of nitrogens with zero attached hydrogens (tertiary/aromatic N) is 1. The lowest BCUT2D eigenvalue weighted by Gasteiger charge is -2.15. The molecule has 0 spiro atoms. The molecule has 1 aliphatic rings. The van der Waals surface area contributed by atoms with Gasteiger partial charge >= 0.3 is 5.97 Å². The van der Waals surface area contributed by atoms with Gasteiger partial charge in [0, 0.05) is 24.4 Å². The summed E-state index contributed by atoms with van der Waals surface area (Å²) in [5, 5.41) is 10.9. The zero-order valence-electron chi connectivity index (χ0n) is 10.2. The topological polar surface area (TPSA) is 57.6 Å². The third-order valence-electron chi connectivity index (χ3n) is 3.28. The van der Waals surface area contributed by atoms with E-state index in [1.54, 1.807) is 16.2 Å². The fourth-order valence-electron chi connectivity index (χ4n) is 2.22. The van der Waals surface area contributed by atoms with Crippen LogP contribution < -0.4 is 0 Å². The second kappa shape index (κ2) is 6.00. The lowest BCUT2D eigenvalue weighted by Crippen LogP contribution is -2.29. The maximum atomic E-state index is 11.9. The van der Waals surface area contributed by atoms with Crippen LogP contribution in [-0.4, -0.2) is 35.0 Å². The first-order valence-electron chi connectivity index (χ1n) is 6.20. The van der Waals surface area contributed by atoms with E-state index in [0.717, 1.165) is 12.8 Å². The number of carboxylic acid groups (broad SMARTS) is 1. The smallest absolute Gasteiger partial charge is 0.308 e. The summed E-state index contributed by atoms with van der Waals surface area (Å²) in [5.74, 6) is -1.06. The fourth-order valence-corrected chi connectivity index (χ4v) is 2.97. The van der Waals surface area contributed by atoms with Crippen molar-refractivity contribution in [3.05, 3.63) is 22.4 Å². The van der Waals surface area contributed by atoms with E-state index in [9.17, 15) is 9.59 Å². The molecule has 1 amide bonds. The molecule has 0 aromatic carbocycles. The lowest BCUT2D eigenvalue weighted by atomic mass is 10.1. The molecule has 1 unspecified atom stereocenters. The number of carbonyl (C=O) groups excluding carboxylic acids is 1. The van der Waals surface area contributed by atoms with Gasteiger partial charge in [-0.1, -0.05) is 6.07 Å². The maximum absolute atomic E-state index is 11.9. The van der Waals surface area contributed by atoms with Gasteiger partial charge in [0.05, 0.1) is 5.92 Å². The summed E-state index contributed by atoms with van der Waals surface area (Å²) in [4.78, 5) is 25.7. The minimum Gasteiger partial charge on any atom is -0.481 e. The van der Waals surface area contributed by atoms with Crippen LogP contribution in [0.2, 0.25) is 0 Å². The molecule has 18 heavy (non-hydrogen) atoms. The number of aliphatic carboxylic acids is 1. The van der Waals surface area contributed by atoms with Crippen molar-refractivity contribution in [1.29, 1.82) is 0 Å². The third-order valence-corrected chi connectivity index (χ3v) is 4.22. The molecule has 4 nitrogen and oxygen atoms in total. The van der Waals surface area contributed by atoms with E-state index in [1.807, 2.05) is 11.4 Å². The largest absolute Gasteiger partial charge is 0.481 e. The lowest BCUT2D eigenvalue weighted by molar-refractivity contribution is -0.141. The highest BCUT2D eigenvalue weighted by Crippen LogP contribution is 2.18. The van der Waals surface area contributed by atoms with Crippen molar-refractivity contribution < 1.29 is 14.7 Å². The molecular weight excluding hydrogens is 250 g/mol. The first kappa shape index (κ1) is 13.1. The van der Waals surface area contributed by atoms with Crippen molar-refractivity contribution in [1.82, 2.24) is 4.90 Å². The molecule has 1 aromatic rings. The summed E-state index contributed by atoms with van der Waals surface area (Å²) < 4.78 is 0. The van der Waals surface area contributed by atoms with E-state index >= 15 is 0 Å². The summed E-state index contributed by atoms with van der Waals surface area (Å²) in [6.45, 7) is 0.974. The van der Waals surface area contributed by atoms with Gasteiger partial charge in [-0.3, -0.25) is 9.59 Å². The predicted octanol–water partition coefficient (Wildman–Crippen LogP) is 2.00. The van der Waals surface area contributed by atoms with Gasteiger partial charge < -0.3 is 10.0 Å². The van der Waals surface area contributed by atoms with Crippen molar-refractivity contribution in [2.45, 2.75) is 25.7 Å². The molecule has 1 saturated heterocycles. The normalized spacial score (nSPS) is 19.1. The molecule has 1 aromatic heterocycles. The number of hydrogen-bond donors (Lipinski definition) is 1. The minimum absolute atomic E-state index is 0.0929. The van der Waals surface area contributed by atoms with E-state index < -0.39 is 5.97 Å². The van der Waals surface area contributed by atoms with Gasteiger partial charge in [-0.25, -0.2) is 0 Å². The minimum atomic E-state index is -0.788. The van der Waals surface area contributed by atoms with Crippen molar-refractivity contribution in [2.24, 2.45) is 5.92 Å². The highest BCUT2D eigenvalue weighted by Gasteiger charge is 2.30. The highest BCUT2D eigenvalue weighted by atomic mass is 32.1. The Balaban J connectivity index is 1.71. The molecule has 1 aliphatic heterocycles.